The number of hydrogen-bond donors (Lipinski definition) is 0. The second kappa shape index (κ2) is 10.2. The molecule has 0 unspecified atom stereocenters. The number of fused-ring (bicyclic) bond motifs is 1. The molecule has 8 heteroatoms. The van der Waals surface area contributed by atoms with Crippen LogP contribution in [0.2, 0.25) is 0 Å². The van der Waals surface area contributed by atoms with Gasteiger partial charge in [-0.05, 0) is 72.9 Å². The van der Waals surface area contributed by atoms with Crippen LogP contribution in [0.5, 0.6) is 23.0 Å². The molecule has 0 amide bonds. The molecule has 4 rings (SSSR count). The minimum Gasteiger partial charge on any atom is -0.493 e. The molecule has 0 aliphatic carbocycles. The third-order valence-electron chi connectivity index (χ3n) is 6.46. The van der Waals surface area contributed by atoms with Crippen LogP contribution in [0.3, 0.4) is 0 Å². The fourth-order valence-electron chi connectivity index (χ4n) is 4.58. The standard InChI is InChI=1S/C27H31NO6S/c1-18-6-9-21(10-7-18)35(29,30)28-13-12-20-16-26(33-4)27(34-5)17-22(20)23(28)14-19-8-11-24(31-2)25(15-19)32-3/h6-11,15-17,23H,12-14H2,1-5H3/t23-/m0/s1. The zero-order valence-electron chi connectivity index (χ0n) is 20.7. The third kappa shape index (κ3) is 4.81. The molecular weight excluding hydrogens is 466 g/mol. The molecule has 1 aliphatic rings. The summed E-state index contributed by atoms with van der Waals surface area (Å²) >= 11 is 0. The third-order valence-corrected chi connectivity index (χ3v) is 8.38. The van der Waals surface area contributed by atoms with E-state index in [9.17, 15) is 8.42 Å². The quantitative estimate of drug-likeness (QED) is 0.454. The maximum absolute atomic E-state index is 13.8. The number of nitrogens with zero attached hydrogens (tertiary/aromatic N) is 1. The molecule has 7 nitrogen and oxygen atoms in total. The summed E-state index contributed by atoms with van der Waals surface area (Å²) in [5, 5.41) is 0. The van der Waals surface area contributed by atoms with Crippen molar-refractivity contribution in [2.45, 2.75) is 30.7 Å². The van der Waals surface area contributed by atoms with Crippen molar-refractivity contribution in [3.63, 3.8) is 0 Å². The summed E-state index contributed by atoms with van der Waals surface area (Å²) in [6, 6.07) is 16.1. The molecule has 0 saturated heterocycles. The maximum atomic E-state index is 13.8. The van der Waals surface area contributed by atoms with Gasteiger partial charge in [-0.1, -0.05) is 23.8 Å². The van der Waals surface area contributed by atoms with Crippen molar-refractivity contribution < 1.29 is 27.4 Å². The summed E-state index contributed by atoms with van der Waals surface area (Å²) in [4.78, 5) is 0.282. The first-order chi connectivity index (χ1) is 16.8. The second-order valence-corrected chi connectivity index (χ2v) is 10.4. The predicted octanol–water partition coefficient (Wildman–Crippen LogP) is 4.56. The Hall–Kier alpha value is -3.23. The van der Waals surface area contributed by atoms with E-state index in [1.807, 2.05) is 49.4 Å². The summed E-state index contributed by atoms with van der Waals surface area (Å²) in [6.07, 6.45) is 1.02. The minimum absolute atomic E-state index is 0.282. The Kier molecular flexibility index (Phi) is 7.23. The van der Waals surface area contributed by atoms with Crippen LogP contribution >= 0.6 is 0 Å². The molecule has 35 heavy (non-hydrogen) atoms. The predicted molar refractivity (Wildman–Crippen MR) is 134 cm³/mol. The smallest absolute Gasteiger partial charge is 0.243 e. The number of aryl methyl sites for hydroxylation is 1. The minimum atomic E-state index is -3.75. The van der Waals surface area contributed by atoms with Gasteiger partial charge in [0.15, 0.2) is 23.0 Å². The SMILES string of the molecule is COc1ccc(C[C@H]2c3cc(OC)c(OC)cc3CCN2S(=O)(=O)c2ccc(C)cc2)cc1OC. The van der Waals surface area contributed by atoms with Crippen LogP contribution in [0.1, 0.15) is 28.3 Å². The monoisotopic (exact) mass is 497 g/mol. The van der Waals surface area contributed by atoms with Gasteiger partial charge in [-0.3, -0.25) is 0 Å². The van der Waals surface area contributed by atoms with Gasteiger partial charge in [0, 0.05) is 6.54 Å². The molecule has 1 aliphatic heterocycles. The largest absolute Gasteiger partial charge is 0.493 e. The average molecular weight is 498 g/mol. The first-order valence-corrected chi connectivity index (χ1v) is 12.8. The van der Waals surface area contributed by atoms with Crippen LogP contribution in [0, 0.1) is 6.92 Å². The highest BCUT2D eigenvalue weighted by atomic mass is 32.2. The van der Waals surface area contributed by atoms with E-state index in [4.69, 9.17) is 18.9 Å². The van der Waals surface area contributed by atoms with Crippen molar-refractivity contribution in [1.82, 2.24) is 4.31 Å². The van der Waals surface area contributed by atoms with Crippen LogP contribution in [0.4, 0.5) is 0 Å². The highest BCUT2D eigenvalue weighted by Crippen LogP contribution is 2.42. The maximum Gasteiger partial charge on any atom is 0.243 e. The van der Waals surface area contributed by atoms with Gasteiger partial charge in [0.1, 0.15) is 0 Å². The van der Waals surface area contributed by atoms with Gasteiger partial charge in [-0.15, -0.1) is 0 Å². The van der Waals surface area contributed by atoms with Gasteiger partial charge >= 0.3 is 0 Å². The fourth-order valence-corrected chi connectivity index (χ4v) is 6.19. The zero-order chi connectivity index (χ0) is 25.2. The summed E-state index contributed by atoms with van der Waals surface area (Å²) in [5.74, 6) is 2.42. The number of hydrogen-bond acceptors (Lipinski definition) is 6. The van der Waals surface area contributed by atoms with Crippen molar-refractivity contribution in [2.75, 3.05) is 35.0 Å². The van der Waals surface area contributed by atoms with Crippen LogP contribution < -0.4 is 18.9 Å². The molecule has 3 aromatic rings. The first kappa shape index (κ1) is 24.9. The van der Waals surface area contributed by atoms with E-state index >= 15 is 0 Å². The highest BCUT2D eigenvalue weighted by Gasteiger charge is 2.37. The van der Waals surface area contributed by atoms with Crippen molar-refractivity contribution in [3.05, 3.63) is 76.9 Å². The lowest BCUT2D eigenvalue weighted by molar-refractivity contribution is 0.300. The van der Waals surface area contributed by atoms with Gasteiger partial charge in [-0.2, -0.15) is 4.31 Å². The Morgan fingerprint density at radius 2 is 1.40 bits per heavy atom. The summed E-state index contributed by atoms with van der Waals surface area (Å²) in [7, 11) is 2.60. The van der Waals surface area contributed by atoms with E-state index in [1.165, 1.54) is 0 Å². The van der Waals surface area contributed by atoms with Gasteiger partial charge < -0.3 is 18.9 Å². The Morgan fingerprint density at radius 1 is 0.800 bits per heavy atom. The topological polar surface area (TPSA) is 74.3 Å². The molecule has 0 spiro atoms. The Bertz CT molecular complexity index is 1300. The lowest BCUT2D eigenvalue weighted by Gasteiger charge is -2.37. The number of sulfonamides is 1. The van der Waals surface area contributed by atoms with Crippen molar-refractivity contribution >= 4 is 10.0 Å². The number of benzene rings is 3. The van der Waals surface area contributed by atoms with E-state index in [-0.39, 0.29) is 4.90 Å². The van der Waals surface area contributed by atoms with Gasteiger partial charge in [0.2, 0.25) is 10.0 Å². The summed E-state index contributed by atoms with van der Waals surface area (Å²) in [5.41, 5.74) is 3.88. The zero-order valence-corrected chi connectivity index (χ0v) is 21.5. The van der Waals surface area contributed by atoms with Crippen LogP contribution in [-0.4, -0.2) is 47.7 Å². The molecular formula is C27H31NO6S. The molecule has 1 atom stereocenters. The second-order valence-electron chi connectivity index (χ2n) is 8.49. The molecule has 0 aromatic heterocycles. The summed E-state index contributed by atoms with van der Waals surface area (Å²) in [6.45, 7) is 2.30. The molecule has 0 fully saturated rings. The summed E-state index contributed by atoms with van der Waals surface area (Å²) < 4.78 is 51.2. The lowest BCUT2D eigenvalue weighted by Crippen LogP contribution is -2.41. The molecule has 0 N–H and O–H groups in total. The Labute approximate surface area is 207 Å². The van der Waals surface area contributed by atoms with Gasteiger partial charge in [-0.25, -0.2) is 8.42 Å². The molecule has 0 bridgehead atoms. The van der Waals surface area contributed by atoms with Crippen LogP contribution in [0.15, 0.2) is 59.5 Å². The van der Waals surface area contributed by atoms with E-state index < -0.39 is 16.1 Å². The van der Waals surface area contributed by atoms with Gasteiger partial charge in [0.05, 0.1) is 39.4 Å². The molecule has 186 valence electrons. The lowest BCUT2D eigenvalue weighted by atomic mass is 9.89. The molecule has 1 heterocycles. The van der Waals surface area contributed by atoms with E-state index in [1.54, 1.807) is 44.9 Å². The molecule has 3 aromatic carbocycles. The van der Waals surface area contributed by atoms with E-state index in [0.29, 0.717) is 42.4 Å². The number of ether oxygens (including phenoxy) is 4. The fraction of sp³-hybridized carbons (Fsp3) is 0.333. The van der Waals surface area contributed by atoms with Crippen LogP contribution in [0.25, 0.3) is 0 Å². The van der Waals surface area contributed by atoms with Crippen molar-refractivity contribution in [3.8, 4) is 23.0 Å². The van der Waals surface area contributed by atoms with Crippen molar-refractivity contribution in [2.24, 2.45) is 0 Å². The molecule has 0 saturated carbocycles. The molecule has 0 radical (unpaired) electrons. The Balaban J connectivity index is 1.83. The van der Waals surface area contributed by atoms with Gasteiger partial charge in [0.25, 0.3) is 0 Å². The Morgan fingerprint density at radius 3 is 2.03 bits per heavy atom. The number of methoxy groups -OCH3 is 4. The van der Waals surface area contributed by atoms with E-state index in [0.717, 1.165) is 22.3 Å². The van der Waals surface area contributed by atoms with E-state index in [2.05, 4.69) is 0 Å². The normalized spacial score (nSPS) is 15.9. The number of rotatable bonds is 8. The average Bonchev–Trinajstić information content (AvgIpc) is 2.87. The van der Waals surface area contributed by atoms with Crippen LogP contribution in [-0.2, 0) is 22.9 Å². The highest BCUT2D eigenvalue weighted by molar-refractivity contribution is 7.89. The van der Waals surface area contributed by atoms with Crippen molar-refractivity contribution in [1.29, 1.82) is 0 Å². The first-order valence-electron chi connectivity index (χ1n) is 11.4.